The molecule has 2 aromatic carbocycles. The second-order valence-corrected chi connectivity index (χ2v) is 16.7. The van der Waals surface area contributed by atoms with Gasteiger partial charge in [-0.15, -0.1) is 0 Å². The number of likely N-dealkylation sites (tertiary alicyclic amines) is 2. The number of rotatable bonds is 10. The van der Waals surface area contributed by atoms with E-state index >= 15 is 0 Å². The van der Waals surface area contributed by atoms with Crippen LogP contribution in [0.4, 0.5) is 9.59 Å². The fraction of sp³-hybridized carbons (Fsp3) is 0.444. The lowest BCUT2D eigenvalue weighted by molar-refractivity contribution is -0.136. The maximum absolute atomic E-state index is 13.7. The number of amides is 4. The molecule has 5 aromatic rings. The minimum Gasteiger partial charge on any atom is -0.453 e. The first-order chi connectivity index (χ1) is 28.9. The van der Waals surface area contributed by atoms with Crippen molar-refractivity contribution in [1.82, 2.24) is 45.4 Å². The molecule has 3 aromatic heterocycles. The lowest BCUT2D eigenvalue weighted by Crippen LogP contribution is -2.51. The number of methoxy groups -OCH3 is 2. The number of ether oxygens (including phenoxy) is 2. The maximum atomic E-state index is 13.7. The molecular weight excluding hydrogens is 763 g/mol. The molecule has 2 aliphatic heterocycles. The smallest absolute Gasteiger partial charge is 0.407 e. The number of aryl methyl sites for hydroxylation is 2. The summed E-state index contributed by atoms with van der Waals surface area (Å²) < 4.78 is 9.57. The van der Waals surface area contributed by atoms with Gasteiger partial charge in [-0.25, -0.2) is 19.6 Å². The Kier molecular flexibility index (Phi) is 11.3. The highest BCUT2D eigenvalue weighted by Gasteiger charge is 2.39. The van der Waals surface area contributed by atoms with Gasteiger partial charge in [0.25, 0.3) is 0 Å². The van der Waals surface area contributed by atoms with Gasteiger partial charge in [0.05, 0.1) is 49.6 Å². The number of carbonyl (C=O) groups is 4. The zero-order valence-electron chi connectivity index (χ0n) is 35.0. The Morgan fingerprint density at radius 3 is 1.98 bits per heavy atom. The van der Waals surface area contributed by atoms with Crippen LogP contribution in [0.25, 0.3) is 44.5 Å². The highest BCUT2D eigenvalue weighted by Crippen LogP contribution is 2.39. The van der Waals surface area contributed by atoms with Crippen molar-refractivity contribution in [2.75, 3.05) is 27.3 Å². The molecule has 0 saturated carbocycles. The summed E-state index contributed by atoms with van der Waals surface area (Å²) in [4.78, 5) is 76.8. The van der Waals surface area contributed by atoms with Crippen molar-refractivity contribution in [3.8, 4) is 33.8 Å². The van der Waals surface area contributed by atoms with Crippen LogP contribution in [0.15, 0.2) is 54.9 Å². The third kappa shape index (κ3) is 7.80. The van der Waals surface area contributed by atoms with Gasteiger partial charge in [-0.3, -0.25) is 14.6 Å². The number of benzene rings is 2. The van der Waals surface area contributed by atoms with Gasteiger partial charge in [-0.05, 0) is 79.5 Å². The second-order valence-electron chi connectivity index (χ2n) is 16.7. The average molecular weight is 816 g/mol. The summed E-state index contributed by atoms with van der Waals surface area (Å²) in [5.41, 5.74) is 8.00. The Morgan fingerprint density at radius 2 is 1.35 bits per heavy atom. The number of nitrogens with zero attached hydrogens (tertiary/aromatic N) is 5. The summed E-state index contributed by atoms with van der Waals surface area (Å²) in [5, 5.41) is 7.48. The summed E-state index contributed by atoms with van der Waals surface area (Å²) in [6, 6.07) is 13.0. The molecule has 60 heavy (non-hydrogen) atoms. The summed E-state index contributed by atoms with van der Waals surface area (Å²) in [7, 11) is 2.59. The largest absolute Gasteiger partial charge is 0.453 e. The second kappa shape index (κ2) is 16.8. The summed E-state index contributed by atoms with van der Waals surface area (Å²) in [6.45, 7) is 8.83. The molecule has 15 heteroatoms. The Bertz CT molecular complexity index is 2440. The highest BCUT2D eigenvalue weighted by atomic mass is 16.5. The number of hydrogen-bond acceptors (Lipinski definition) is 9. The van der Waals surface area contributed by atoms with Crippen molar-refractivity contribution in [2.45, 2.75) is 90.4 Å². The van der Waals surface area contributed by atoms with E-state index in [-0.39, 0.29) is 35.7 Å². The highest BCUT2D eigenvalue weighted by molar-refractivity contribution is 5.90. The van der Waals surface area contributed by atoms with Crippen molar-refractivity contribution in [2.24, 2.45) is 11.8 Å². The van der Waals surface area contributed by atoms with E-state index in [1.165, 1.54) is 19.8 Å². The van der Waals surface area contributed by atoms with Gasteiger partial charge in [0.2, 0.25) is 11.8 Å². The third-order valence-corrected chi connectivity index (χ3v) is 12.2. The molecule has 3 aliphatic rings. The van der Waals surface area contributed by atoms with Gasteiger partial charge in [-0.2, -0.15) is 0 Å². The van der Waals surface area contributed by atoms with Crippen molar-refractivity contribution < 1.29 is 28.7 Å². The Balaban J connectivity index is 0.977. The molecule has 314 valence electrons. The predicted octanol–water partition coefficient (Wildman–Crippen LogP) is 6.87. The first kappa shape index (κ1) is 40.5. The number of fused-ring (bicyclic) bond motifs is 4. The Labute approximate surface area is 349 Å². The van der Waals surface area contributed by atoms with Crippen LogP contribution in [0.2, 0.25) is 0 Å². The number of aromatic amines is 2. The van der Waals surface area contributed by atoms with E-state index < -0.39 is 24.3 Å². The molecule has 4 N–H and O–H groups in total. The number of nitrogens with one attached hydrogen (secondary N) is 4. The van der Waals surface area contributed by atoms with Crippen LogP contribution in [0, 0.1) is 11.8 Å². The number of H-pyrrole nitrogens is 2. The molecule has 1 aliphatic carbocycles. The zero-order chi connectivity index (χ0) is 42.2. The topological polar surface area (TPSA) is 188 Å². The predicted molar refractivity (Wildman–Crippen MR) is 225 cm³/mol. The lowest BCUT2D eigenvalue weighted by atomic mass is 9.90. The Morgan fingerprint density at radius 1 is 0.717 bits per heavy atom. The van der Waals surface area contributed by atoms with E-state index in [4.69, 9.17) is 24.4 Å². The van der Waals surface area contributed by atoms with Crippen molar-refractivity contribution in [3.63, 3.8) is 0 Å². The quantitative estimate of drug-likeness (QED) is 0.117. The summed E-state index contributed by atoms with van der Waals surface area (Å²) >= 11 is 0. The maximum Gasteiger partial charge on any atom is 0.407 e. The van der Waals surface area contributed by atoms with Crippen LogP contribution >= 0.6 is 0 Å². The van der Waals surface area contributed by atoms with Crippen molar-refractivity contribution in [1.29, 1.82) is 0 Å². The molecule has 0 radical (unpaired) electrons. The van der Waals surface area contributed by atoms with Gasteiger partial charge in [0, 0.05) is 47.1 Å². The first-order valence-corrected chi connectivity index (χ1v) is 20.9. The molecule has 0 spiro atoms. The third-order valence-electron chi connectivity index (χ3n) is 12.2. The summed E-state index contributed by atoms with van der Waals surface area (Å²) in [6.07, 6.45) is 7.40. The van der Waals surface area contributed by atoms with Crippen molar-refractivity contribution in [3.05, 3.63) is 77.8 Å². The van der Waals surface area contributed by atoms with Gasteiger partial charge in [0.15, 0.2) is 0 Å². The van der Waals surface area contributed by atoms with Crippen LogP contribution in [-0.2, 0) is 31.9 Å². The fourth-order valence-corrected chi connectivity index (χ4v) is 8.95. The van der Waals surface area contributed by atoms with Gasteiger partial charge >= 0.3 is 12.2 Å². The standard InChI is InChI=1S/C45H53N9O6/c1-24(2)37(51-44(57)59-5)42(55)53-17-7-9-35(53)40-47-23-34(49-40)29-12-11-26-21-33(46-22-30(26)20-29)28-13-15-31-27(19-28)14-16-32-39(31)50-41(48-32)36-10-8-18-54(36)43(56)38(25(3)4)52-45(58)60-6/h11-13,15,19-25,35-38H,7-10,14,16-18H2,1-6H3,(H,47,49)(H,48,50)(H,51,57)(H,52,58)/t35-,36-,37-,38-/m0/s1. The SMILES string of the molecule is COC(=O)N[C@H](C(=O)N1CCC[C@H]1c1ncc(-c2ccc3cc(-c4ccc5c(c4)CCc4[nH]c([C@@H]6CCCN6C(=O)[C@@H](NC(=O)OC)C(C)C)nc4-5)ncc3c2)[nH]1)C(C)C. The molecule has 4 atom stereocenters. The zero-order valence-corrected chi connectivity index (χ0v) is 35.0. The number of imidazole rings is 2. The molecule has 2 saturated heterocycles. The lowest BCUT2D eigenvalue weighted by Gasteiger charge is -2.30. The molecule has 0 unspecified atom stereocenters. The molecule has 0 bridgehead atoms. The van der Waals surface area contributed by atoms with E-state index in [0.717, 1.165) is 100 Å². The minimum atomic E-state index is -0.694. The Hall–Kier alpha value is -6.25. The summed E-state index contributed by atoms with van der Waals surface area (Å²) in [5.74, 6) is 1.02. The van der Waals surface area contributed by atoms with Crippen LogP contribution in [0.1, 0.15) is 88.4 Å². The number of pyridine rings is 1. The van der Waals surface area contributed by atoms with Crippen LogP contribution < -0.4 is 10.6 Å². The van der Waals surface area contributed by atoms with Crippen molar-refractivity contribution >= 4 is 34.8 Å². The molecule has 15 nitrogen and oxygen atoms in total. The molecular formula is C45H53N9O6. The normalized spacial score (nSPS) is 18.3. The average Bonchev–Trinajstić information content (AvgIpc) is 4.09. The van der Waals surface area contributed by atoms with Crippen LogP contribution in [0.5, 0.6) is 0 Å². The van der Waals surface area contributed by atoms with Gasteiger partial charge in [0.1, 0.15) is 23.7 Å². The van der Waals surface area contributed by atoms with E-state index in [9.17, 15) is 19.2 Å². The van der Waals surface area contributed by atoms with Gasteiger partial charge < -0.3 is 39.9 Å². The van der Waals surface area contributed by atoms with E-state index in [2.05, 4.69) is 63.1 Å². The van der Waals surface area contributed by atoms with E-state index in [0.29, 0.717) is 13.1 Å². The number of hydrogen-bond donors (Lipinski definition) is 4. The van der Waals surface area contributed by atoms with Crippen LogP contribution in [-0.4, -0.2) is 98.1 Å². The number of carbonyl (C=O) groups excluding carboxylic acids is 4. The van der Waals surface area contributed by atoms with Crippen LogP contribution in [0.3, 0.4) is 0 Å². The van der Waals surface area contributed by atoms with E-state index in [1.54, 1.807) is 0 Å². The first-order valence-electron chi connectivity index (χ1n) is 20.9. The monoisotopic (exact) mass is 815 g/mol. The van der Waals surface area contributed by atoms with Gasteiger partial charge in [-0.1, -0.05) is 52.0 Å². The molecule has 5 heterocycles. The molecule has 4 amide bonds. The number of aromatic nitrogens is 5. The minimum absolute atomic E-state index is 0.104. The fourth-order valence-electron chi connectivity index (χ4n) is 8.95. The molecule has 2 fully saturated rings. The number of alkyl carbamates (subject to hydrolysis) is 2. The molecule has 8 rings (SSSR count). The van der Waals surface area contributed by atoms with E-state index in [1.807, 2.05) is 49.9 Å².